The van der Waals surface area contributed by atoms with Crippen LogP contribution in [-0.2, 0) is 78.3 Å². The first kappa shape index (κ1) is 75.7. The Kier molecular flexibility index (Phi) is 31.6. The number of carbonyl (C=O) groups is 15. The molecule has 0 radical (unpaired) electrons. The zero-order valence-electron chi connectivity index (χ0n) is 50.5. The Hall–Kier alpha value is -8.50. The highest BCUT2D eigenvalue weighted by Crippen LogP contribution is 2.23. The first-order valence-corrected chi connectivity index (χ1v) is 30.6. The maximum atomic E-state index is 14.5. The minimum Gasteiger partial charge on any atom is -0.481 e. The van der Waals surface area contributed by atoms with Gasteiger partial charge in [-0.05, 0) is 88.2 Å². The van der Waals surface area contributed by atoms with E-state index in [1.165, 1.54) is 18.7 Å². The summed E-state index contributed by atoms with van der Waals surface area (Å²) in [5.74, 6) is -16.3. The third-order valence-electron chi connectivity index (χ3n) is 14.6. The van der Waals surface area contributed by atoms with Gasteiger partial charge in [0.2, 0.25) is 70.9 Å². The molecule has 500 valence electrons. The number of aliphatic hydroxyl groups excluding tert-OH is 2. The zero-order valence-corrected chi connectivity index (χ0v) is 51.3. The first-order chi connectivity index (χ1) is 42.4. The molecule has 3 rings (SSSR count). The predicted molar refractivity (Wildman–Crippen MR) is 318 cm³/mol. The summed E-state index contributed by atoms with van der Waals surface area (Å²) < 4.78 is 0. The van der Waals surface area contributed by atoms with E-state index in [-0.39, 0.29) is 82.5 Å². The molecule has 90 heavy (non-hydrogen) atoms. The predicted octanol–water partition coefficient (Wildman–Crippen LogP) is -5.46. The molecule has 0 saturated carbocycles. The average Bonchev–Trinajstić information content (AvgIpc) is 2.09. The van der Waals surface area contributed by atoms with Crippen LogP contribution >= 0.6 is 11.8 Å². The van der Waals surface area contributed by atoms with Crippen molar-refractivity contribution in [3.63, 3.8) is 0 Å². The van der Waals surface area contributed by atoms with Crippen molar-refractivity contribution in [3.05, 3.63) is 35.9 Å². The number of thioether (sulfide) groups is 1. The fourth-order valence-electron chi connectivity index (χ4n) is 9.89. The summed E-state index contributed by atoms with van der Waals surface area (Å²) in [6.45, 7) is 3.56. The third-order valence-corrected chi connectivity index (χ3v) is 15.3. The summed E-state index contributed by atoms with van der Waals surface area (Å²) in [5, 5.41) is 69.4. The number of carbonyl (C=O) groups excluding carboxylic acids is 12. The summed E-state index contributed by atoms with van der Waals surface area (Å²) in [4.78, 5) is 200. The maximum absolute atomic E-state index is 14.5. The van der Waals surface area contributed by atoms with E-state index in [0.29, 0.717) is 5.56 Å². The Morgan fingerprint density at radius 1 is 0.556 bits per heavy atom. The van der Waals surface area contributed by atoms with E-state index in [1.54, 1.807) is 50.4 Å². The topological polar surface area (TPSA) is 538 Å². The van der Waals surface area contributed by atoms with Gasteiger partial charge < -0.3 is 95.1 Å². The number of hydrogen-bond donors (Lipinski definition) is 16. The lowest BCUT2D eigenvalue weighted by Crippen LogP contribution is -2.62. The van der Waals surface area contributed by atoms with Crippen molar-refractivity contribution in [2.75, 3.05) is 31.7 Å². The molecule has 0 spiro atoms. The lowest BCUT2D eigenvalue weighted by molar-refractivity contribution is -0.145. The molecule has 0 unspecified atom stereocenters. The Bertz CT molecular complexity index is 2740. The van der Waals surface area contributed by atoms with E-state index in [4.69, 9.17) is 17.2 Å². The molecule has 1 aromatic carbocycles. The number of nitrogens with two attached hydrogens (primary N) is 3. The van der Waals surface area contributed by atoms with Crippen molar-refractivity contribution in [3.8, 4) is 0 Å². The van der Waals surface area contributed by atoms with Crippen molar-refractivity contribution in [2.45, 2.75) is 183 Å². The van der Waals surface area contributed by atoms with Gasteiger partial charge in [-0.2, -0.15) is 11.8 Å². The molecule has 2 aliphatic heterocycles. The van der Waals surface area contributed by atoms with Crippen molar-refractivity contribution in [1.82, 2.24) is 52.3 Å². The van der Waals surface area contributed by atoms with Crippen LogP contribution in [0.2, 0.25) is 0 Å². The van der Waals surface area contributed by atoms with E-state index in [1.807, 2.05) is 0 Å². The van der Waals surface area contributed by atoms with Gasteiger partial charge in [0.15, 0.2) is 0 Å². The number of hydrogen-bond acceptors (Lipinski definition) is 19. The largest absolute Gasteiger partial charge is 0.481 e. The van der Waals surface area contributed by atoms with Gasteiger partial charge in [-0.25, -0.2) is 4.79 Å². The van der Waals surface area contributed by atoms with Gasteiger partial charge in [0.05, 0.1) is 25.2 Å². The number of benzene rings is 1. The smallest absolute Gasteiger partial charge is 0.326 e. The van der Waals surface area contributed by atoms with Gasteiger partial charge >= 0.3 is 17.9 Å². The Balaban J connectivity index is 1.81. The highest BCUT2D eigenvalue weighted by atomic mass is 32.2. The molecule has 33 nitrogen and oxygen atoms in total. The fourth-order valence-corrected chi connectivity index (χ4v) is 10.4. The molecule has 12 atom stereocenters. The van der Waals surface area contributed by atoms with Crippen LogP contribution in [0.1, 0.15) is 110 Å². The van der Waals surface area contributed by atoms with Crippen molar-refractivity contribution in [2.24, 2.45) is 23.1 Å². The van der Waals surface area contributed by atoms with Gasteiger partial charge in [0.25, 0.3) is 0 Å². The number of carboxylic acids is 3. The normalized spacial score (nSPS) is 17.9. The highest BCUT2D eigenvalue weighted by molar-refractivity contribution is 7.98. The molecule has 19 N–H and O–H groups in total. The van der Waals surface area contributed by atoms with E-state index >= 15 is 0 Å². The molecule has 2 fully saturated rings. The summed E-state index contributed by atoms with van der Waals surface area (Å²) in [6.07, 6.45) is -3.71. The second-order valence-electron chi connectivity index (χ2n) is 22.3. The number of nitrogens with one attached hydrogen (secondary N) is 8. The molecular formula is C56H85N13O20S. The summed E-state index contributed by atoms with van der Waals surface area (Å²) >= 11 is 1.25. The second-order valence-corrected chi connectivity index (χ2v) is 23.3. The molecule has 2 heterocycles. The number of aliphatic hydroxyl groups is 2. The molecule has 1 aromatic rings. The summed E-state index contributed by atoms with van der Waals surface area (Å²) in [5.41, 5.74) is 16.8. The zero-order chi connectivity index (χ0) is 67.5. The van der Waals surface area contributed by atoms with E-state index < -0.39 is 200 Å². The lowest BCUT2D eigenvalue weighted by Gasteiger charge is -2.32. The Labute approximate surface area is 522 Å². The molecule has 2 aliphatic rings. The molecule has 0 aliphatic carbocycles. The summed E-state index contributed by atoms with van der Waals surface area (Å²) in [6, 6.07) is -8.72. The summed E-state index contributed by atoms with van der Waals surface area (Å²) in [7, 11) is 0. The number of carboxylic acid groups (broad SMARTS) is 3. The van der Waals surface area contributed by atoms with Gasteiger partial charge in [-0.15, -0.1) is 0 Å². The number of rotatable bonds is 39. The number of likely N-dealkylation sites (tertiary alicyclic amines) is 2. The van der Waals surface area contributed by atoms with Gasteiger partial charge in [0, 0.05) is 38.8 Å². The van der Waals surface area contributed by atoms with E-state index in [9.17, 15) is 97.5 Å². The van der Waals surface area contributed by atoms with Crippen LogP contribution in [0.15, 0.2) is 30.3 Å². The van der Waals surface area contributed by atoms with Gasteiger partial charge in [-0.3, -0.25) is 67.1 Å². The van der Waals surface area contributed by atoms with Crippen LogP contribution in [0, 0.1) is 5.92 Å². The van der Waals surface area contributed by atoms with Crippen LogP contribution in [0.3, 0.4) is 0 Å². The molecule has 2 saturated heterocycles. The Morgan fingerprint density at radius 3 is 1.52 bits per heavy atom. The average molecular weight is 1290 g/mol. The molecule has 0 bridgehead atoms. The van der Waals surface area contributed by atoms with E-state index in [0.717, 1.165) is 9.80 Å². The number of aliphatic carboxylic acids is 3. The number of nitrogens with zero attached hydrogens (tertiary/aromatic N) is 2. The number of amides is 12. The minimum atomic E-state index is -2.03. The minimum absolute atomic E-state index is 0.0136. The standard InChI is InChI=1S/C56H85N13O20S/c1-28(2)24-37(56(88)89)65-49(81)35(25-30-10-6-5-7-11-30)64-53(85)45(29(3)71)67-52(84)40-13-9-22-69(40)55(87)38(27-70)66-51(83)39-12-8-21-68(39)54(86)34(20-23-90-4)62-47(79)33(16-19-43(74)75)61-50(82)36(26-44(76)77)63-48(80)32(15-18-42(59)73)60-46(78)31(57)14-17-41(58)72/h5-7,10-11,28-29,31-40,45,70-71H,8-9,12-27,57H2,1-4H3,(H2,58,72)(H2,59,73)(H,60,78)(H,61,82)(H,62,79)(H,63,80)(H,64,85)(H,65,81)(H,66,83)(H,67,84)(H,74,75)(H,76,77)(H,88,89)/t29-,31+,32+,33+,34+,35+,36+,37+,38+,39+,40+,45+/m1/s1. The number of primary amides is 2. The fraction of sp³-hybridized carbons (Fsp3) is 0.625. The van der Waals surface area contributed by atoms with Crippen LogP contribution in [-0.4, -0.2) is 228 Å². The van der Waals surface area contributed by atoms with Crippen LogP contribution in [0.25, 0.3) is 0 Å². The van der Waals surface area contributed by atoms with Crippen LogP contribution in [0.5, 0.6) is 0 Å². The molecule has 12 amide bonds. The molecule has 0 aromatic heterocycles. The third kappa shape index (κ3) is 24.8. The maximum Gasteiger partial charge on any atom is 0.326 e. The van der Waals surface area contributed by atoms with Crippen LogP contribution in [0.4, 0.5) is 0 Å². The van der Waals surface area contributed by atoms with Crippen molar-refractivity contribution >= 4 is 101 Å². The monoisotopic (exact) mass is 1290 g/mol. The lowest BCUT2D eigenvalue weighted by atomic mass is 10.0. The van der Waals surface area contributed by atoms with E-state index in [2.05, 4.69) is 42.5 Å². The first-order valence-electron chi connectivity index (χ1n) is 29.2. The van der Waals surface area contributed by atoms with Crippen LogP contribution < -0.4 is 59.7 Å². The quantitative estimate of drug-likeness (QED) is 0.0292. The Morgan fingerprint density at radius 2 is 1.02 bits per heavy atom. The second kappa shape index (κ2) is 37.5. The highest BCUT2D eigenvalue weighted by Gasteiger charge is 2.44. The van der Waals surface area contributed by atoms with Gasteiger partial charge in [-0.1, -0.05) is 44.2 Å². The van der Waals surface area contributed by atoms with Gasteiger partial charge in [0.1, 0.15) is 60.4 Å². The SMILES string of the molecule is CSCC[C@H](NC(=O)[C@H](CCC(=O)O)NC(=O)[C@H](CC(=O)O)NC(=O)[C@H](CCC(N)=O)NC(=O)[C@@H](N)CCC(N)=O)C(=O)N1CCC[C@H]1C(=O)N[C@@H](CO)C(=O)N1CCC[C@H]1C(=O)N[C@H](C(=O)N[C@@H](Cc1ccccc1)C(=O)N[C@@H](CC(C)C)C(=O)O)[C@@H](C)O. The molecule has 34 heteroatoms. The molecular weight excluding hydrogens is 1210 g/mol. The van der Waals surface area contributed by atoms with Crippen molar-refractivity contribution in [1.29, 1.82) is 0 Å². The van der Waals surface area contributed by atoms with Crippen molar-refractivity contribution < 1.29 is 97.5 Å².